The molecular weight excluding hydrogens is 226 g/mol. The van der Waals surface area contributed by atoms with Gasteiger partial charge in [-0.15, -0.1) is 0 Å². The summed E-state index contributed by atoms with van der Waals surface area (Å²) in [7, 11) is 0. The maximum Gasteiger partial charge on any atom is 0.303 e. The number of likely N-dealkylation sites (tertiary alicyclic amines) is 1. The van der Waals surface area contributed by atoms with Gasteiger partial charge < -0.3 is 5.11 Å². The first kappa shape index (κ1) is 13.4. The van der Waals surface area contributed by atoms with E-state index in [9.17, 15) is 14.4 Å². The smallest absolute Gasteiger partial charge is 0.303 e. The molecule has 1 saturated heterocycles. The molecule has 1 aliphatic rings. The molecule has 0 bridgehead atoms. The number of hydrogen-bond acceptors (Lipinski definition) is 4. The number of aliphatic carboxylic acids is 1. The predicted molar refractivity (Wildman–Crippen MR) is 58.8 cm³/mol. The minimum atomic E-state index is -0.806. The monoisotopic (exact) mass is 243 g/mol. The lowest BCUT2D eigenvalue weighted by molar-refractivity contribution is -0.138. The summed E-state index contributed by atoms with van der Waals surface area (Å²) in [5.74, 6) is -1.32. The lowest BCUT2D eigenvalue weighted by Gasteiger charge is -2.15. The van der Waals surface area contributed by atoms with Gasteiger partial charge in [0.05, 0.1) is 6.54 Å². The van der Waals surface area contributed by atoms with E-state index in [1.54, 1.807) is 0 Å². The Morgan fingerprint density at radius 3 is 2.65 bits per heavy atom. The molecular formula is C10H17N3O4. The van der Waals surface area contributed by atoms with Crippen molar-refractivity contribution in [3.8, 4) is 0 Å². The van der Waals surface area contributed by atoms with Crippen molar-refractivity contribution in [1.29, 1.82) is 0 Å². The lowest BCUT2D eigenvalue weighted by atomic mass is 10.1. The highest BCUT2D eigenvalue weighted by atomic mass is 16.4. The van der Waals surface area contributed by atoms with Gasteiger partial charge in [-0.3, -0.25) is 30.1 Å². The molecule has 0 aromatic heterocycles. The van der Waals surface area contributed by atoms with Gasteiger partial charge in [-0.25, -0.2) is 0 Å². The van der Waals surface area contributed by atoms with Gasteiger partial charge in [0.2, 0.25) is 5.91 Å². The number of hydrogen-bond donors (Lipinski definition) is 3. The van der Waals surface area contributed by atoms with Crippen molar-refractivity contribution in [2.75, 3.05) is 19.6 Å². The van der Waals surface area contributed by atoms with Gasteiger partial charge in [0.15, 0.2) is 0 Å². The standard InChI is InChI=1S/C10H17N3O4/c1-7(14)11-12-9(15)6-13-3-2-8(5-13)4-10(16)17/h8H,2-6H2,1H3,(H,11,14)(H,12,15)(H,16,17). The van der Waals surface area contributed by atoms with Crippen molar-refractivity contribution in [2.45, 2.75) is 19.8 Å². The number of carboxylic acids is 1. The van der Waals surface area contributed by atoms with Crippen LogP contribution in [0.3, 0.4) is 0 Å². The molecule has 0 saturated carbocycles. The molecule has 0 aliphatic carbocycles. The minimum absolute atomic E-state index is 0.112. The normalized spacial score (nSPS) is 19.9. The summed E-state index contributed by atoms with van der Waals surface area (Å²) in [5.41, 5.74) is 4.47. The molecule has 0 spiro atoms. The Balaban J connectivity index is 2.23. The highest BCUT2D eigenvalue weighted by molar-refractivity contribution is 5.81. The van der Waals surface area contributed by atoms with Gasteiger partial charge in [0.25, 0.3) is 5.91 Å². The zero-order valence-corrected chi connectivity index (χ0v) is 9.73. The number of carboxylic acid groups (broad SMARTS) is 1. The quantitative estimate of drug-likeness (QED) is 0.547. The van der Waals surface area contributed by atoms with Crippen LogP contribution in [-0.4, -0.2) is 47.4 Å². The lowest BCUT2D eigenvalue weighted by Crippen LogP contribution is -2.45. The molecule has 1 aliphatic heterocycles. The Bertz CT molecular complexity index is 319. The fourth-order valence-corrected chi connectivity index (χ4v) is 1.87. The van der Waals surface area contributed by atoms with Crippen LogP contribution in [0.2, 0.25) is 0 Å². The molecule has 0 aromatic rings. The van der Waals surface area contributed by atoms with E-state index in [1.165, 1.54) is 6.92 Å². The van der Waals surface area contributed by atoms with Crippen LogP contribution < -0.4 is 10.9 Å². The van der Waals surface area contributed by atoms with E-state index >= 15 is 0 Å². The van der Waals surface area contributed by atoms with E-state index in [1.807, 2.05) is 4.90 Å². The highest BCUT2D eigenvalue weighted by Gasteiger charge is 2.25. The molecule has 7 heteroatoms. The van der Waals surface area contributed by atoms with E-state index in [-0.39, 0.29) is 30.7 Å². The summed E-state index contributed by atoms with van der Waals surface area (Å²) >= 11 is 0. The second-order valence-corrected chi connectivity index (χ2v) is 4.22. The van der Waals surface area contributed by atoms with Crippen LogP contribution >= 0.6 is 0 Å². The van der Waals surface area contributed by atoms with Crippen LogP contribution in [0.1, 0.15) is 19.8 Å². The number of carbonyl (C=O) groups excluding carboxylic acids is 2. The van der Waals surface area contributed by atoms with Crippen molar-refractivity contribution >= 4 is 17.8 Å². The van der Waals surface area contributed by atoms with Crippen molar-refractivity contribution in [3.63, 3.8) is 0 Å². The van der Waals surface area contributed by atoms with Gasteiger partial charge in [-0.2, -0.15) is 0 Å². The predicted octanol–water partition coefficient (Wildman–Crippen LogP) is -1.05. The van der Waals surface area contributed by atoms with Crippen LogP contribution in [0.25, 0.3) is 0 Å². The topological polar surface area (TPSA) is 98.7 Å². The number of carbonyl (C=O) groups is 3. The summed E-state index contributed by atoms with van der Waals surface area (Å²) < 4.78 is 0. The summed E-state index contributed by atoms with van der Waals surface area (Å²) in [6.45, 7) is 2.81. The first-order chi connectivity index (χ1) is 7.97. The molecule has 96 valence electrons. The third-order valence-corrected chi connectivity index (χ3v) is 2.58. The largest absolute Gasteiger partial charge is 0.481 e. The van der Waals surface area contributed by atoms with Crippen LogP contribution in [0.5, 0.6) is 0 Å². The van der Waals surface area contributed by atoms with E-state index in [2.05, 4.69) is 10.9 Å². The Hall–Kier alpha value is -1.63. The van der Waals surface area contributed by atoms with Crippen LogP contribution in [0, 0.1) is 5.92 Å². The minimum Gasteiger partial charge on any atom is -0.481 e. The first-order valence-electron chi connectivity index (χ1n) is 5.47. The Kier molecular flexibility index (Phi) is 4.89. The maximum absolute atomic E-state index is 11.3. The molecule has 1 fully saturated rings. The zero-order valence-electron chi connectivity index (χ0n) is 9.73. The Morgan fingerprint density at radius 2 is 2.06 bits per heavy atom. The Labute approximate surface area is 99.1 Å². The second-order valence-electron chi connectivity index (χ2n) is 4.22. The average molecular weight is 243 g/mol. The average Bonchev–Trinajstić information content (AvgIpc) is 2.61. The number of hydrazine groups is 1. The van der Waals surface area contributed by atoms with Gasteiger partial charge in [0, 0.05) is 19.9 Å². The number of nitrogens with zero attached hydrogens (tertiary/aromatic N) is 1. The second kappa shape index (κ2) is 6.19. The molecule has 3 N–H and O–H groups in total. The third kappa shape index (κ3) is 5.30. The van der Waals surface area contributed by atoms with Gasteiger partial charge in [0.1, 0.15) is 0 Å². The van der Waals surface area contributed by atoms with E-state index in [0.29, 0.717) is 13.1 Å². The van der Waals surface area contributed by atoms with E-state index < -0.39 is 5.97 Å². The van der Waals surface area contributed by atoms with E-state index in [0.717, 1.165) is 6.42 Å². The SMILES string of the molecule is CC(=O)NNC(=O)CN1CCC(CC(=O)O)C1. The van der Waals surface area contributed by atoms with Crippen LogP contribution in [0.15, 0.2) is 0 Å². The van der Waals surface area contributed by atoms with Crippen LogP contribution in [0.4, 0.5) is 0 Å². The van der Waals surface area contributed by atoms with E-state index in [4.69, 9.17) is 5.11 Å². The summed E-state index contributed by atoms with van der Waals surface area (Å²) in [6.07, 6.45) is 0.934. The first-order valence-corrected chi connectivity index (χ1v) is 5.47. The summed E-state index contributed by atoms with van der Waals surface area (Å²) in [6, 6.07) is 0. The molecule has 1 atom stereocenters. The summed E-state index contributed by atoms with van der Waals surface area (Å²) in [4.78, 5) is 34.3. The fraction of sp³-hybridized carbons (Fsp3) is 0.700. The molecule has 1 heterocycles. The van der Waals surface area contributed by atoms with Gasteiger partial charge >= 0.3 is 5.97 Å². The number of rotatable bonds is 4. The van der Waals surface area contributed by atoms with Gasteiger partial charge in [-0.05, 0) is 18.9 Å². The zero-order chi connectivity index (χ0) is 12.8. The fourth-order valence-electron chi connectivity index (χ4n) is 1.87. The molecule has 0 radical (unpaired) electrons. The number of amides is 2. The molecule has 7 nitrogen and oxygen atoms in total. The van der Waals surface area contributed by atoms with Crippen molar-refractivity contribution in [2.24, 2.45) is 5.92 Å². The number of nitrogens with one attached hydrogen (secondary N) is 2. The molecule has 1 unspecified atom stereocenters. The third-order valence-electron chi connectivity index (χ3n) is 2.58. The van der Waals surface area contributed by atoms with Gasteiger partial charge in [-0.1, -0.05) is 0 Å². The molecule has 2 amide bonds. The molecule has 0 aromatic carbocycles. The van der Waals surface area contributed by atoms with Crippen molar-refractivity contribution < 1.29 is 19.5 Å². The molecule has 17 heavy (non-hydrogen) atoms. The van der Waals surface area contributed by atoms with Crippen molar-refractivity contribution in [3.05, 3.63) is 0 Å². The Morgan fingerprint density at radius 1 is 1.35 bits per heavy atom. The van der Waals surface area contributed by atoms with Crippen molar-refractivity contribution in [1.82, 2.24) is 15.8 Å². The molecule has 1 rings (SSSR count). The highest BCUT2D eigenvalue weighted by Crippen LogP contribution is 2.18. The maximum atomic E-state index is 11.3. The summed E-state index contributed by atoms with van der Waals surface area (Å²) in [5, 5.41) is 8.64. The van der Waals surface area contributed by atoms with Crippen LogP contribution in [-0.2, 0) is 14.4 Å².